The van der Waals surface area contributed by atoms with Crippen LogP contribution in [0.3, 0.4) is 0 Å². The van der Waals surface area contributed by atoms with Crippen LogP contribution in [0.2, 0.25) is 0 Å². The van der Waals surface area contributed by atoms with Crippen molar-refractivity contribution in [3.8, 4) is 0 Å². The second-order valence-electron chi connectivity index (χ2n) is 4.60. The molecule has 1 N–H and O–H groups in total. The highest BCUT2D eigenvalue weighted by atomic mass is 16.4. The van der Waals surface area contributed by atoms with E-state index in [4.69, 9.17) is 5.11 Å². The molecule has 0 bridgehead atoms. The van der Waals surface area contributed by atoms with Gasteiger partial charge >= 0.3 is 12.0 Å². The van der Waals surface area contributed by atoms with Crippen LogP contribution in [-0.2, 0) is 4.79 Å². The van der Waals surface area contributed by atoms with Crippen LogP contribution < -0.4 is 0 Å². The summed E-state index contributed by atoms with van der Waals surface area (Å²) in [6.45, 7) is 3.32. The molecule has 17 heavy (non-hydrogen) atoms. The van der Waals surface area contributed by atoms with Crippen LogP contribution in [-0.4, -0.2) is 53.1 Å². The summed E-state index contributed by atoms with van der Waals surface area (Å²) in [6, 6.07) is -0.786. The summed E-state index contributed by atoms with van der Waals surface area (Å²) in [5.41, 5.74) is 0. The minimum absolute atomic E-state index is 0.148. The predicted octanol–water partition coefficient (Wildman–Crippen LogP) is 1.78. The monoisotopic (exact) mass is 242 g/mol. The van der Waals surface area contributed by atoms with Crippen molar-refractivity contribution in [1.29, 1.82) is 0 Å². The van der Waals surface area contributed by atoms with Crippen LogP contribution >= 0.6 is 0 Å². The lowest BCUT2D eigenvalue weighted by Gasteiger charge is -2.35. The van der Waals surface area contributed by atoms with E-state index in [-0.39, 0.29) is 6.03 Å². The number of carboxylic acids is 1. The van der Waals surface area contributed by atoms with Crippen LogP contribution in [0.4, 0.5) is 4.79 Å². The predicted molar refractivity (Wildman–Crippen MR) is 64.9 cm³/mol. The number of hydrogen-bond acceptors (Lipinski definition) is 2. The minimum Gasteiger partial charge on any atom is -0.480 e. The van der Waals surface area contributed by atoms with E-state index in [1.54, 1.807) is 11.9 Å². The fourth-order valence-electron chi connectivity index (χ4n) is 2.13. The van der Waals surface area contributed by atoms with Crippen LogP contribution in [0, 0.1) is 0 Å². The third kappa shape index (κ3) is 3.61. The average Bonchev–Trinajstić information content (AvgIpc) is 2.34. The van der Waals surface area contributed by atoms with Gasteiger partial charge in [-0.25, -0.2) is 9.59 Å². The summed E-state index contributed by atoms with van der Waals surface area (Å²) in [6.07, 6.45) is 4.34. The Morgan fingerprint density at radius 1 is 1.41 bits per heavy atom. The summed E-state index contributed by atoms with van der Waals surface area (Å²) in [5, 5.41) is 9.10. The number of likely N-dealkylation sites (tertiary alicyclic amines) is 1. The number of carboxylic acid groups (broad SMARTS) is 1. The smallest absolute Gasteiger partial charge is 0.326 e. The normalized spacial score (nSPS) is 20.1. The van der Waals surface area contributed by atoms with Gasteiger partial charge in [0.1, 0.15) is 6.04 Å². The first-order chi connectivity index (χ1) is 8.07. The van der Waals surface area contributed by atoms with Crippen molar-refractivity contribution < 1.29 is 14.7 Å². The molecular weight excluding hydrogens is 220 g/mol. The van der Waals surface area contributed by atoms with E-state index in [0.29, 0.717) is 19.5 Å². The molecule has 1 rings (SSSR count). The molecule has 0 aromatic rings. The van der Waals surface area contributed by atoms with E-state index < -0.39 is 12.0 Å². The van der Waals surface area contributed by atoms with Crippen LogP contribution in [0.25, 0.3) is 0 Å². The lowest BCUT2D eigenvalue weighted by Crippen LogP contribution is -2.52. The zero-order valence-electron chi connectivity index (χ0n) is 10.7. The van der Waals surface area contributed by atoms with Gasteiger partial charge in [0.2, 0.25) is 0 Å². The molecule has 1 heterocycles. The molecule has 1 fully saturated rings. The minimum atomic E-state index is -0.887. The fraction of sp³-hybridized carbons (Fsp3) is 0.833. The SMILES string of the molecule is CCCCN(C)C(=O)N1CCCCC1C(=O)O. The molecule has 5 heteroatoms. The van der Waals surface area contributed by atoms with Crippen molar-refractivity contribution in [2.45, 2.75) is 45.1 Å². The molecule has 2 amide bonds. The van der Waals surface area contributed by atoms with Gasteiger partial charge < -0.3 is 14.9 Å². The van der Waals surface area contributed by atoms with Gasteiger partial charge in [-0.05, 0) is 25.7 Å². The molecule has 98 valence electrons. The van der Waals surface area contributed by atoms with Gasteiger partial charge in [-0.1, -0.05) is 13.3 Å². The van der Waals surface area contributed by atoms with E-state index >= 15 is 0 Å². The molecule has 1 saturated heterocycles. The standard InChI is InChI=1S/C12H22N2O3/c1-3-4-8-13(2)12(17)14-9-6-5-7-10(14)11(15)16/h10H,3-9H2,1-2H3,(H,15,16). The maximum atomic E-state index is 12.1. The number of urea groups is 1. The van der Waals surface area contributed by atoms with E-state index in [2.05, 4.69) is 6.92 Å². The zero-order valence-corrected chi connectivity index (χ0v) is 10.7. The average molecular weight is 242 g/mol. The van der Waals surface area contributed by atoms with Gasteiger partial charge in [-0.2, -0.15) is 0 Å². The molecule has 0 saturated carbocycles. The summed E-state index contributed by atoms with van der Waals surface area (Å²) < 4.78 is 0. The highest BCUT2D eigenvalue weighted by Gasteiger charge is 2.33. The number of aliphatic carboxylic acids is 1. The molecule has 0 aliphatic carbocycles. The Bertz CT molecular complexity index is 281. The molecule has 5 nitrogen and oxygen atoms in total. The molecule has 1 atom stereocenters. The van der Waals surface area contributed by atoms with E-state index in [1.807, 2.05) is 0 Å². The second kappa shape index (κ2) is 6.47. The maximum absolute atomic E-state index is 12.1. The van der Waals surface area contributed by atoms with Gasteiger partial charge in [0.25, 0.3) is 0 Å². The van der Waals surface area contributed by atoms with Gasteiger partial charge in [0, 0.05) is 20.1 Å². The Kier molecular flexibility index (Phi) is 5.25. The van der Waals surface area contributed by atoms with Crippen LogP contribution in [0.1, 0.15) is 39.0 Å². The molecule has 0 aromatic carbocycles. The highest BCUT2D eigenvalue weighted by Crippen LogP contribution is 2.18. The molecule has 0 aromatic heterocycles. The Morgan fingerprint density at radius 2 is 2.12 bits per heavy atom. The quantitative estimate of drug-likeness (QED) is 0.817. The van der Waals surface area contributed by atoms with Crippen molar-refractivity contribution in [2.75, 3.05) is 20.1 Å². The first-order valence-corrected chi connectivity index (χ1v) is 6.32. The van der Waals surface area contributed by atoms with Crippen molar-refractivity contribution in [3.63, 3.8) is 0 Å². The molecule has 1 aliphatic heterocycles. The maximum Gasteiger partial charge on any atom is 0.326 e. The molecular formula is C12H22N2O3. The molecule has 0 spiro atoms. The zero-order chi connectivity index (χ0) is 12.8. The lowest BCUT2D eigenvalue weighted by atomic mass is 10.0. The first-order valence-electron chi connectivity index (χ1n) is 6.32. The highest BCUT2D eigenvalue weighted by molar-refractivity contribution is 5.82. The molecule has 0 radical (unpaired) electrons. The largest absolute Gasteiger partial charge is 0.480 e. The number of carbonyl (C=O) groups excluding carboxylic acids is 1. The summed E-state index contributed by atoms with van der Waals surface area (Å²) in [4.78, 5) is 26.3. The summed E-state index contributed by atoms with van der Waals surface area (Å²) >= 11 is 0. The number of amides is 2. The number of nitrogens with zero attached hydrogens (tertiary/aromatic N) is 2. The Balaban J connectivity index is 2.61. The first kappa shape index (κ1) is 13.8. The number of unbranched alkanes of at least 4 members (excludes halogenated alkanes) is 1. The van der Waals surface area contributed by atoms with Gasteiger partial charge in [0.15, 0.2) is 0 Å². The van der Waals surface area contributed by atoms with Gasteiger partial charge in [-0.15, -0.1) is 0 Å². The van der Waals surface area contributed by atoms with Crippen molar-refractivity contribution in [3.05, 3.63) is 0 Å². The van der Waals surface area contributed by atoms with Crippen molar-refractivity contribution in [2.24, 2.45) is 0 Å². The summed E-state index contributed by atoms with van der Waals surface area (Å²) in [5.74, 6) is -0.887. The van der Waals surface area contributed by atoms with Crippen LogP contribution in [0.5, 0.6) is 0 Å². The third-order valence-corrected chi connectivity index (χ3v) is 3.21. The number of rotatable bonds is 4. The van der Waals surface area contributed by atoms with Crippen molar-refractivity contribution in [1.82, 2.24) is 9.80 Å². The molecule has 1 unspecified atom stereocenters. The third-order valence-electron chi connectivity index (χ3n) is 3.21. The number of carbonyl (C=O) groups is 2. The van der Waals surface area contributed by atoms with Gasteiger partial charge in [-0.3, -0.25) is 0 Å². The number of hydrogen-bond donors (Lipinski definition) is 1. The number of piperidine rings is 1. The summed E-state index contributed by atoms with van der Waals surface area (Å²) in [7, 11) is 1.74. The van der Waals surface area contributed by atoms with E-state index in [0.717, 1.165) is 25.7 Å². The second-order valence-corrected chi connectivity index (χ2v) is 4.60. The van der Waals surface area contributed by atoms with E-state index in [1.165, 1.54) is 4.90 Å². The van der Waals surface area contributed by atoms with Crippen molar-refractivity contribution >= 4 is 12.0 Å². The Labute approximate surface area is 102 Å². The Hall–Kier alpha value is -1.26. The van der Waals surface area contributed by atoms with E-state index in [9.17, 15) is 9.59 Å². The lowest BCUT2D eigenvalue weighted by molar-refractivity contribution is -0.143. The van der Waals surface area contributed by atoms with Crippen LogP contribution in [0.15, 0.2) is 0 Å². The topological polar surface area (TPSA) is 60.9 Å². The van der Waals surface area contributed by atoms with Gasteiger partial charge in [0.05, 0.1) is 0 Å². The fourth-order valence-corrected chi connectivity index (χ4v) is 2.13. The Morgan fingerprint density at radius 3 is 2.71 bits per heavy atom. The molecule has 1 aliphatic rings.